The van der Waals surface area contributed by atoms with Gasteiger partial charge in [0.2, 0.25) is 5.95 Å². The van der Waals surface area contributed by atoms with Gasteiger partial charge in [-0.05, 0) is 50.5 Å². The summed E-state index contributed by atoms with van der Waals surface area (Å²) in [7, 11) is -1.32. The fourth-order valence-corrected chi connectivity index (χ4v) is 3.56. The van der Waals surface area contributed by atoms with Crippen LogP contribution in [0.1, 0.15) is 63.4 Å². The highest BCUT2D eigenvalue weighted by molar-refractivity contribution is 9.10. The number of rotatable bonds is 5. The summed E-state index contributed by atoms with van der Waals surface area (Å²) < 4.78 is 30.6. The minimum Gasteiger partial charge on any atom is -0.242 e. The first-order valence-corrected chi connectivity index (χ1v) is 10.1. The highest BCUT2D eigenvalue weighted by Crippen LogP contribution is 2.27. The molecule has 0 bridgehead atoms. The van der Waals surface area contributed by atoms with Crippen molar-refractivity contribution >= 4 is 26.9 Å². The molecular weight excluding hydrogens is 403 g/mol. The predicted molar refractivity (Wildman–Crippen MR) is 105 cm³/mol. The molecule has 1 N–H and O–H groups in total. The lowest BCUT2D eigenvalue weighted by atomic mass is 10.0. The summed E-state index contributed by atoms with van der Waals surface area (Å²) in [5.74, 6) is -0.418. The zero-order valence-corrected chi connectivity index (χ0v) is 17.5. The van der Waals surface area contributed by atoms with Crippen LogP contribution in [0.5, 0.6) is 0 Å². The second-order valence-electron chi connectivity index (χ2n) is 7.26. The Kier molecular flexibility index (Phi) is 6.51. The molecule has 3 nitrogen and oxygen atoms in total. The normalized spacial score (nSPS) is 14.6. The van der Waals surface area contributed by atoms with Crippen LogP contribution in [0.15, 0.2) is 40.9 Å². The standard InChI is InChI=1S/C19H24BrFN2OS/c1-12(2)15-9-10-16(22-18(15)21)17(23-25(24)19(3,4)5)13-7-6-8-14(20)11-13/h6-12,17,23H,1-5H3/t17-,25-/m0/s1. The molecule has 2 atom stereocenters. The lowest BCUT2D eigenvalue weighted by Gasteiger charge is -2.25. The molecule has 0 saturated heterocycles. The molecule has 0 unspecified atom stereocenters. The summed E-state index contributed by atoms with van der Waals surface area (Å²) in [5.41, 5.74) is 1.96. The van der Waals surface area contributed by atoms with Crippen molar-refractivity contribution in [3.8, 4) is 0 Å². The molecule has 0 aliphatic rings. The van der Waals surface area contributed by atoms with E-state index >= 15 is 0 Å². The number of hydrogen-bond donors (Lipinski definition) is 1. The molecule has 2 aromatic rings. The van der Waals surface area contributed by atoms with Crippen molar-refractivity contribution in [3.63, 3.8) is 0 Å². The minimum absolute atomic E-state index is 0.0579. The lowest BCUT2D eigenvalue weighted by Crippen LogP contribution is -2.36. The van der Waals surface area contributed by atoms with E-state index in [0.29, 0.717) is 11.3 Å². The molecule has 1 heterocycles. The van der Waals surface area contributed by atoms with Crippen molar-refractivity contribution in [3.05, 3.63) is 63.6 Å². The predicted octanol–water partition coefficient (Wildman–Crippen LogP) is 5.25. The fourth-order valence-electron chi connectivity index (χ4n) is 2.32. The maximum Gasteiger partial charge on any atom is 0.216 e. The van der Waals surface area contributed by atoms with E-state index in [1.807, 2.05) is 58.9 Å². The number of halogens is 2. The van der Waals surface area contributed by atoms with Crippen molar-refractivity contribution in [2.24, 2.45) is 0 Å². The van der Waals surface area contributed by atoms with E-state index in [-0.39, 0.29) is 5.92 Å². The van der Waals surface area contributed by atoms with E-state index in [2.05, 4.69) is 25.6 Å². The second-order valence-corrected chi connectivity index (χ2v) is 10.2. The van der Waals surface area contributed by atoms with Crippen LogP contribution in [0.4, 0.5) is 4.39 Å². The average molecular weight is 427 g/mol. The molecule has 25 heavy (non-hydrogen) atoms. The van der Waals surface area contributed by atoms with E-state index in [1.165, 1.54) is 0 Å². The first kappa shape index (κ1) is 20.2. The first-order chi connectivity index (χ1) is 11.6. The van der Waals surface area contributed by atoms with E-state index in [1.54, 1.807) is 12.1 Å². The van der Waals surface area contributed by atoms with Gasteiger partial charge in [0.1, 0.15) is 0 Å². The van der Waals surface area contributed by atoms with Gasteiger partial charge < -0.3 is 0 Å². The Balaban J connectivity index is 2.48. The maximum atomic E-state index is 14.4. The zero-order chi connectivity index (χ0) is 18.8. The highest BCUT2D eigenvalue weighted by Gasteiger charge is 2.26. The van der Waals surface area contributed by atoms with Crippen LogP contribution in [-0.2, 0) is 11.0 Å². The molecule has 0 amide bonds. The Morgan fingerprint density at radius 2 is 1.88 bits per heavy atom. The second kappa shape index (κ2) is 8.06. The van der Waals surface area contributed by atoms with Crippen molar-refractivity contribution < 1.29 is 8.60 Å². The third-order valence-electron chi connectivity index (χ3n) is 3.78. The van der Waals surface area contributed by atoms with Crippen molar-refractivity contribution in [1.82, 2.24) is 9.71 Å². The third kappa shape index (κ3) is 5.19. The molecule has 6 heteroatoms. The van der Waals surface area contributed by atoms with Crippen molar-refractivity contribution in [1.29, 1.82) is 0 Å². The summed E-state index contributed by atoms with van der Waals surface area (Å²) in [6, 6.07) is 10.7. The Morgan fingerprint density at radius 1 is 1.20 bits per heavy atom. The number of aromatic nitrogens is 1. The molecule has 136 valence electrons. The van der Waals surface area contributed by atoms with Crippen LogP contribution < -0.4 is 4.72 Å². The van der Waals surface area contributed by atoms with Crippen molar-refractivity contribution in [2.75, 3.05) is 0 Å². The van der Waals surface area contributed by atoms with Crippen LogP contribution in [0.2, 0.25) is 0 Å². The number of benzene rings is 1. The van der Waals surface area contributed by atoms with Gasteiger partial charge in [-0.2, -0.15) is 4.39 Å². The average Bonchev–Trinajstić information content (AvgIpc) is 2.50. The molecule has 1 aromatic carbocycles. The largest absolute Gasteiger partial charge is 0.242 e. The van der Waals surface area contributed by atoms with Crippen LogP contribution in [0.25, 0.3) is 0 Å². The molecular formula is C19H24BrFN2OS. The highest BCUT2D eigenvalue weighted by atomic mass is 79.9. The van der Waals surface area contributed by atoms with E-state index in [0.717, 1.165) is 10.0 Å². The molecule has 1 aromatic heterocycles. The quantitative estimate of drug-likeness (QED) is 0.663. The summed E-state index contributed by atoms with van der Waals surface area (Å²) >= 11 is 3.46. The first-order valence-electron chi connectivity index (χ1n) is 8.19. The molecule has 0 aliphatic carbocycles. The van der Waals surface area contributed by atoms with E-state index in [9.17, 15) is 8.60 Å². The number of nitrogens with zero attached hydrogens (tertiary/aromatic N) is 1. The third-order valence-corrected chi connectivity index (χ3v) is 5.84. The van der Waals surface area contributed by atoms with Gasteiger partial charge >= 0.3 is 0 Å². The van der Waals surface area contributed by atoms with Gasteiger partial charge in [-0.1, -0.05) is 48.0 Å². The monoisotopic (exact) mass is 426 g/mol. The molecule has 2 rings (SSSR count). The topological polar surface area (TPSA) is 42.0 Å². The van der Waals surface area contributed by atoms with Crippen LogP contribution >= 0.6 is 15.9 Å². The Labute approximate surface area is 160 Å². The van der Waals surface area contributed by atoms with Gasteiger partial charge in [0, 0.05) is 10.0 Å². The van der Waals surface area contributed by atoms with Crippen LogP contribution in [-0.4, -0.2) is 13.9 Å². The van der Waals surface area contributed by atoms with Gasteiger partial charge in [0.05, 0.1) is 27.5 Å². The SMILES string of the molecule is CC(C)c1ccc([C@@H](N[S@@](=O)C(C)(C)C)c2cccc(Br)c2)nc1F. The number of pyridine rings is 1. The number of hydrogen-bond acceptors (Lipinski definition) is 2. The summed E-state index contributed by atoms with van der Waals surface area (Å²) in [5, 5.41) is 0. The smallest absolute Gasteiger partial charge is 0.216 e. The number of nitrogens with one attached hydrogen (secondary N) is 1. The Morgan fingerprint density at radius 3 is 2.40 bits per heavy atom. The van der Waals surface area contributed by atoms with Crippen molar-refractivity contribution in [2.45, 2.75) is 51.3 Å². The lowest BCUT2D eigenvalue weighted by molar-refractivity contribution is 0.542. The Bertz CT molecular complexity index is 774. The van der Waals surface area contributed by atoms with Crippen LogP contribution in [0, 0.1) is 5.95 Å². The molecule has 0 spiro atoms. The molecule has 0 saturated carbocycles. The van der Waals surface area contributed by atoms with Gasteiger partial charge in [-0.15, -0.1) is 0 Å². The van der Waals surface area contributed by atoms with Gasteiger partial charge in [0.25, 0.3) is 0 Å². The van der Waals surface area contributed by atoms with Gasteiger partial charge in [-0.25, -0.2) is 13.9 Å². The molecule has 0 fully saturated rings. The molecule has 0 aliphatic heterocycles. The minimum atomic E-state index is -1.32. The summed E-state index contributed by atoms with van der Waals surface area (Å²) in [4.78, 5) is 4.16. The van der Waals surface area contributed by atoms with Gasteiger partial charge in [-0.3, -0.25) is 0 Å². The molecule has 0 radical (unpaired) electrons. The summed E-state index contributed by atoms with van der Waals surface area (Å²) in [6.45, 7) is 9.54. The summed E-state index contributed by atoms with van der Waals surface area (Å²) in [6.07, 6.45) is 0. The maximum absolute atomic E-state index is 14.4. The van der Waals surface area contributed by atoms with E-state index < -0.39 is 27.7 Å². The zero-order valence-electron chi connectivity index (χ0n) is 15.1. The fraction of sp³-hybridized carbons (Fsp3) is 0.421. The van der Waals surface area contributed by atoms with Crippen LogP contribution in [0.3, 0.4) is 0 Å². The van der Waals surface area contributed by atoms with E-state index in [4.69, 9.17) is 0 Å². The van der Waals surface area contributed by atoms with Gasteiger partial charge in [0.15, 0.2) is 0 Å². The Hall–Kier alpha value is -1.11.